The average molecular weight is 662 g/mol. The van der Waals surface area contributed by atoms with E-state index in [0.29, 0.717) is 25.4 Å². The third-order valence-corrected chi connectivity index (χ3v) is 7.87. The molecule has 0 spiro atoms. The number of allylic oxidation sites excluding steroid dienone is 2. The van der Waals surface area contributed by atoms with Crippen molar-refractivity contribution in [2.75, 3.05) is 39.6 Å². The van der Waals surface area contributed by atoms with Gasteiger partial charge in [0, 0.05) is 32.6 Å². The quantitative estimate of drug-likeness (QED) is 0.0234. The van der Waals surface area contributed by atoms with Crippen molar-refractivity contribution in [2.24, 2.45) is 5.92 Å². The largest absolute Gasteiger partial charge is 0.462 e. The first-order valence-corrected chi connectivity index (χ1v) is 18.5. The maximum atomic E-state index is 12.1. The molecule has 0 aliphatic heterocycles. The number of carbonyl (C=O) groups is 3. The summed E-state index contributed by atoms with van der Waals surface area (Å²) >= 11 is 0. The van der Waals surface area contributed by atoms with Gasteiger partial charge in [0.2, 0.25) is 5.91 Å². The molecular formula is C34H64NO9P. The van der Waals surface area contributed by atoms with Crippen LogP contribution in [0.25, 0.3) is 0 Å². The van der Waals surface area contributed by atoms with Gasteiger partial charge in [0.05, 0.1) is 13.2 Å². The molecule has 0 aromatic rings. The fourth-order valence-electron chi connectivity index (χ4n) is 4.30. The topological polar surface area (TPSA) is 130 Å². The molecule has 0 radical (unpaired) electrons. The van der Waals surface area contributed by atoms with E-state index in [1.165, 1.54) is 51.4 Å². The second-order valence-electron chi connectivity index (χ2n) is 11.8. The van der Waals surface area contributed by atoms with E-state index < -0.39 is 14.7 Å². The Morgan fingerprint density at radius 2 is 1.42 bits per heavy atom. The van der Waals surface area contributed by atoms with E-state index in [1.54, 1.807) is 0 Å². The molecule has 2 atom stereocenters. The first-order valence-electron chi connectivity index (χ1n) is 17.4. The van der Waals surface area contributed by atoms with Crippen molar-refractivity contribution >= 4 is 27.0 Å². The molecule has 0 aliphatic rings. The van der Waals surface area contributed by atoms with Gasteiger partial charge in [0.1, 0.15) is 6.61 Å². The Kier molecular flexibility index (Phi) is 32.6. The summed E-state index contributed by atoms with van der Waals surface area (Å²) in [6, 6.07) is 0. The Hall–Kier alpha value is -1.58. The molecule has 11 heteroatoms. The van der Waals surface area contributed by atoms with Gasteiger partial charge in [-0.3, -0.25) is 14.4 Å². The lowest BCUT2D eigenvalue weighted by molar-refractivity contribution is -0.153. The predicted octanol–water partition coefficient (Wildman–Crippen LogP) is 7.71. The zero-order valence-corrected chi connectivity index (χ0v) is 29.4. The summed E-state index contributed by atoms with van der Waals surface area (Å²) < 4.78 is 26.0. The number of unbranched alkanes of at least 4 members (excludes halogenated alkanes) is 12. The molecule has 0 aromatic heterocycles. The Morgan fingerprint density at radius 1 is 0.778 bits per heavy atom. The number of hydrogen-bond donors (Lipinski definition) is 2. The highest BCUT2D eigenvalue weighted by Gasteiger charge is 2.17. The molecule has 2 N–H and O–H groups in total. The second-order valence-corrected chi connectivity index (χ2v) is 12.8. The van der Waals surface area contributed by atoms with Crippen LogP contribution < -0.4 is 5.32 Å². The van der Waals surface area contributed by atoms with Crippen molar-refractivity contribution in [1.82, 2.24) is 5.32 Å². The van der Waals surface area contributed by atoms with Gasteiger partial charge in [-0.25, -0.2) is 0 Å². The van der Waals surface area contributed by atoms with E-state index in [2.05, 4.69) is 38.2 Å². The van der Waals surface area contributed by atoms with E-state index in [-0.39, 0.29) is 44.7 Å². The van der Waals surface area contributed by atoms with Gasteiger partial charge in [0.25, 0.3) is 6.47 Å². The molecule has 10 nitrogen and oxygen atoms in total. The molecule has 0 aliphatic carbocycles. The van der Waals surface area contributed by atoms with Crippen LogP contribution in [-0.2, 0) is 37.6 Å². The summed E-state index contributed by atoms with van der Waals surface area (Å²) in [5.41, 5.74) is 0. The number of hydrogen-bond acceptors (Lipinski definition) is 9. The van der Waals surface area contributed by atoms with Crippen LogP contribution in [0.2, 0.25) is 0 Å². The van der Waals surface area contributed by atoms with E-state index in [0.717, 1.165) is 58.0 Å². The fourth-order valence-corrected chi connectivity index (χ4v) is 4.92. The highest BCUT2D eigenvalue weighted by molar-refractivity contribution is 7.40. The first-order chi connectivity index (χ1) is 21.9. The number of rotatable bonds is 34. The van der Waals surface area contributed by atoms with Gasteiger partial charge in [-0.15, -0.1) is 0 Å². The maximum Gasteiger partial charge on any atom is 0.330 e. The lowest BCUT2D eigenvalue weighted by Gasteiger charge is -2.17. The Labute approximate surface area is 274 Å². The monoisotopic (exact) mass is 661 g/mol. The SMILES string of the molecule is CCCCCCCC/C=C\CCCCCCCC(=O)OCC(COP(O)OCCNC(=O)CCCCOCCC(C)C)OC=O. The van der Waals surface area contributed by atoms with Gasteiger partial charge >= 0.3 is 14.6 Å². The fraction of sp³-hybridized carbons (Fsp3) is 0.853. The lowest BCUT2D eigenvalue weighted by Crippen LogP contribution is -2.27. The van der Waals surface area contributed by atoms with Crippen LogP contribution in [0.1, 0.15) is 136 Å². The van der Waals surface area contributed by atoms with E-state index >= 15 is 0 Å². The van der Waals surface area contributed by atoms with Gasteiger partial charge in [-0.05, 0) is 57.3 Å². The molecule has 45 heavy (non-hydrogen) atoms. The average Bonchev–Trinajstić information content (AvgIpc) is 3.01. The number of carbonyl (C=O) groups excluding carboxylic acids is 3. The highest BCUT2D eigenvalue weighted by atomic mass is 31.2. The van der Waals surface area contributed by atoms with Crippen LogP contribution in [0.5, 0.6) is 0 Å². The number of amides is 1. The standard InChI is InChI=1S/C34H64NO9P/c1-4-5-6-7-8-9-10-11-12-13-14-15-16-17-18-22-34(38)41-28-32(42-30-36)29-44-45(39)43-27-24-35-33(37)21-19-20-25-40-26-23-31(2)3/h11-12,30-32,39H,4-10,13-29H2,1-3H3,(H,35,37)/b12-11-. The van der Waals surface area contributed by atoms with E-state index in [4.69, 9.17) is 23.3 Å². The van der Waals surface area contributed by atoms with Crippen molar-refractivity contribution in [2.45, 2.75) is 142 Å². The van der Waals surface area contributed by atoms with Gasteiger partial charge in [-0.2, -0.15) is 0 Å². The summed E-state index contributed by atoms with van der Waals surface area (Å²) in [5.74, 6) is 0.173. The van der Waals surface area contributed by atoms with Crippen LogP contribution in [0.15, 0.2) is 12.2 Å². The third-order valence-electron chi connectivity index (χ3n) is 7.10. The molecule has 2 unspecified atom stereocenters. The van der Waals surface area contributed by atoms with E-state index in [1.807, 2.05) is 0 Å². The van der Waals surface area contributed by atoms with Gasteiger partial charge < -0.3 is 33.5 Å². The lowest BCUT2D eigenvalue weighted by atomic mass is 10.1. The maximum absolute atomic E-state index is 12.1. The zero-order valence-electron chi connectivity index (χ0n) is 28.5. The Balaban J connectivity index is 3.74. The molecule has 0 rings (SSSR count). The first kappa shape index (κ1) is 43.4. The minimum absolute atomic E-state index is 0.0659. The highest BCUT2D eigenvalue weighted by Crippen LogP contribution is 2.32. The molecule has 0 aromatic carbocycles. The van der Waals surface area contributed by atoms with Gasteiger partial charge in [-0.1, -0.05) is 84.3 Å². The zero-order chi connectivity index (χ0) is 33.2. The van der Waals surface area contributed by atoms with Crippen molar-refractivity contribution in [3.8, 4) is 0 Å². The summed E-state index contributed by atoms with van der Waals surface area (Å²) in [5, 5.41) is 2.73. The number of nitrogens with one attached hydrogen (secondary N) is 1. The molecule has 0 fully saturated rings. The van der Waals surface area contributed by atoms with Crippen molar-refractivity contribution in [3.05, 3.63) is 12.2 Å². The van der Waals surface area contributed by atoms with Crippen LogP contribution >= 0.6 is 8.60 Å². The number of esters is 1. The molecule has 264 valence electrons. The Bertz CT molecular complexity index is 724. The molecule has 0 bridgehead atoms. The smallest absolute Gasteiger partial charge is 0.330 e. The van der Waals surface area contributed by atoms with Gasteiger partial charge in [0.15, 0.2) is 6.10 Å². The van der Waals surface area contributed by atoms with Crippen LogP contribution in [0.3, 0.4) is 0 Å². The minimum Gasteiger partial charge on any atom is -0.462 e. The van der Waals surface area contributed by atoms with Crippen molar-refractivity contribution < 1.29 is 42.5 Å². The molecule has 1 amide bonds. The minimum atomic E-state index is -2.24. The predicted molar refractivity (Wildman–Crippen MR) is 180 cm³/mol. The molecule has 0 saturated carbocycles. The number of ether oxygens (including phenoxy) is 3. The Morgan fingerprint density at radius 3 is 2.09 bits per heavy atom. The molecule has 0 saturated heterocycles. The summed E-state index contributed by atoms with van der Waals surface area (Å²) in [7, 11) is -2.24. The van der Waals surface area contributed by atoms with Crippen LogP contribution in [0, 0.1) is 5.92 Å². The van der Waals surface area contributed by atoms with Crippen LogP contribution in [0.4, 0.5) is 0 Å². The van der Waals surface area contributed by atoms with Crippen molar-refractivity contribution in [1.29, 1.82) is 0 Å². The second kappa shape index (κ2) is 33.8. The summed E-state index contributed by atoms with van der Waals surface area (Å²) in [4.78, 5) is 44.7. The third kappa shape index (κ3) is 33.6. The normalized spacial score (nSPS) is 12.8. The molecule has 0 heterocycles. The summed E-state index contributed by atoms with van der Waals surface area (Å²) in [6.45, 7) is 8.16. The summed E-state index contributed by atoms with van der Waals surface area (Å²) in [6.07, 6.45) is 22.5. The molecular weight excluding hydrogens is 597 g/mol. The van der Waals surface area contributed by atoms with Crippen molar-refractivity contribution in [3.63, 3.8) is 0 Å². The van der Waals surface area contributed by atoms with Crippen LogP contribution in [-0.4, -0.2) is 68.9 Å². The van der Waals surface area contributed by atoms with E-state index in [9.17, 15) is 19.3 Å².